The lowest BCUT2D eigenvalue weighted by Gasteiger charge is -2.22. The fourth-order valence-corrected chi connectivity index (χ4v) is 3.32. The minimum absolute atomic E-state index is 0.558. The standard InChI is InChI=1S/C19H14ClN3S/c1-2-10-23-11-4-3-5-18(23)16(12-21)19-22-17(13-24-19)14-6-8-15(20)9-7-14/h2-9,11,13H,1,10H2/b18-16+. The molecule has 118 valence electrons. The zero-order valence-corrected chi connectivity index (χ0v) is 14.4. The summed E-state index contributed by atoms with van der Waals surface area (Å²) in [6.45, 7) is 4.40. The minimum atomic E-state index is 0.558. The van der Waals surface area contributed by atoms with E-state index in [1.165, 1.54) is 11.3 Å². The van der Waals surface area contributed by atoms with Crippen LogP contribution in [0.3, 0.4) is 0 Å². The normalized spacial score (nSPS) is 15.2. The van der Waals surface area contributed by atoms with Crippen LogP contribution in [-0.4, -0.2) is 16.4 Å². The lowest BCUT2D eigenvalue weighted by atomic mass is 10.1. The summed E-state index contributed by atoms with van der Waals surface area (Å²) in [6, 6.07) is 9.81. The molecule has 1 aliphatic rings. The first kappa shape index (κ1) is 16.3. The van der Waals surface area contributed by atoms with E-state index in [1.54, 1.807) is 6.08 Å². The number of nitrogens with zero attached hydrogens (tertiary/aromatic N) is 3. The van der Waals surface area contributed by atoms with E-state index in [0.29, 0.717) is 22.1 Å². The Balaban J connectivity index is 2.00. The summed E-state index contributed by atoms with van der Waals surface area (Å²) in [4.78, 5) is 6.62. The summed E-state index contributed by atoms with van der Waals surface area (Å²) in [5.74, 6) is 0. The van der Waals surface area contributed by atoms with Gasteiger partial charge in [0.2, 0.25) is 0 Å². The van der Waals surface area contributed by atoms with E-state index in [2.05, 4.69) is 17.6 Å². The van der Waals surface area contributed by atoms with Crippen LogP contribution in [0.1, 0.15) is 5.01 Å². The van der Waals surface area contributed by atoms with Gasteiger partial charge in [0.25, 0.3) is 0 Å². The van der Waals surface area contributed by atoms with Crippen LogP contribution in [0.15, 0.2) is 72.4 Å². The van der Waals surface area contributed by atoms with Gasteiger partial charge in [-0.15, -0.1) is 17.9 Å². The van der Waals surface area contributed by atoms with Crippen molar-refractivity contribution in [2.24, 2.45) is 0 Å². The molecule has 1 aromatic carbocycles. The Morgan fingerprint density at radius 1 is 1.33 bits per heavy atom. The lowest BCUT2D eigenvalue weighted by Crippen LogP contribution is -2.18. The van der Waals surface area contributed by atoms with Gasteiger partial charge in [0, 0.05) is 28.7 Å². The van der Waals surface area contributed by atoms with E-state index in [9.17, 15) is 5.26 Å². The van der Waals surface area contributed by atoms with E-state index in [1.807, 2.05) is 59.0 Å². The molecule has 0 saturated heterocycles. The molecule has 0 amide bonds. The molecule has 5 heteroatoms. The van der Waals surface area contributed by atoms with Gasteiger partial charge in [-0.05, 0) is 24.3 Å². The first-order valence-corrected chi connectivity index (χ1v) is 8.57. The molecular formula is C19H14ClN3S. The third-order valence-electron chi connectivity index (χ3n) is 3.49. The maximum absolute atomic E-state index is 9.66. The Morgan fingerprint density at radius 2 is 2.12 bits per heavy atom. The average molecular weight is 352 g/mol. The Morgan fingerprint density at radius 3 is 2.83 bits per heavy atom. The largest absolute Gasteiger partial charge is 0.343 e. The van der Waals surface area contributed by atoms with Crippen molar-refractivity contribution < 1.29 is 0 Å². The molecule has 2 heterocycles. The van der Waals surface area contributed by atoms with E-state index in [-0.39, 0.29) is 0 Å². The summed E-state index contributed by atoms with van der Waals surface area (Å²) >= 11 is 7.39. The number of nitriles is 1. The Labute approximate surface area is 150 Å². The Bertz CT molecular complexity index is 882. The van der Waals surface area contributed by atoms with Crippen LogP contribution in [-0.2, 0) is 0 Å². The lowest BCUT2D eigenvalue weighted by molar-refractivity contribution is 0.532. The van der Waals surface area contributed by atoms with Crippen molar-refractivity contribution in [1.82, 2.24) is 9.88 Å². The van der Waals surface area contributed by atoms with Crippen LogP contribution in [0.25, 0.3) is 16.8 Å². The van der Waals surface area contributed by atoms with Crippen molar-refractivity contribution in [2.45, 2.75) is 0 Å². The molecule has 0 atom stereocenters. The van der Waals surface area contributed by atoms with Crippen LogP contribution in [0.5, 0.6) is 0 Å². The Hall–Kier alpha value is -2.61. The highest BCUT2D eigenvalue weighted by atomic mass is 35.5. The van der Waals surface area contributed by atoms with Crippen molar-refractivity contribution in [3.63, 3.8) is 0 Å². The smallest absolute Gasteiger partial charge is 0.136 e. The molecular weight excluding hydrogens is 338 g/mol. The first-order chi connectivity index (χ1) is 11.7. The van der Waals surface area contributed by atoms with Gasteiger partial charge in [-0.25, -0.2) is 4.98 Å². The molecule has 3 nitrogen and oxygen atoms in total. The predicted octanol–water partition coefficient (Wildman–Crippen LogP) is 5.27. The van der Waals surface area contributed by atoms with Crippen molar-refractivity contribution in [1.29, 1.82) is 5.26 Å². The number of benzene rings is 1. The highest BCUT2D eigenvalue weighted by Crippen LogP contribution is 2.30. The number of hydrogen-bond donors (Lipinski definition) is 0. The second-order valence-corrected chi connectivity index (χ2v) is 6.35. The zero-order valence-electron chi connectivity index (χ0n) is 12.8. The first-order valence-electron chi connectivity index (χ1n) is 7.31. The second-order valence-electron chi connectivity index (χ2n) is 5.06. The molecule has 0 fully saturated rings. The molecule has 3 rings (SSSR count). The third kappa shape index (κ3) is 3.33. The highest BCUT2D eigenvalue weighted by Gasteiger charge is 2.17. The van der Waals surface area contributed by atoms with Gasteiger partial charge < -0.3 is 4.90 Å². The fourth-order valence-electron chi connectivity index (χ4n) is 2.36. The van der Waals surface area contributed by atoms with Gasteiger partial charge in [0.05, 0.1) is 11.4 Å². The summed E-state index contributed by atoms with van der Waals surface area (Å²) in [5, 5.41) is 13.0. The molecule has 1 aromatic heterocycles. The number of hydrogen-bond acceptors (Lipinski definition) is 4. The average Bonchev–Trinajstić information content (AvgIpc) is 3.08. The van der Waals surface area contributed by atoms with Crippen molar-refractivity contribution in [3.05, 3.63) is 82.5 Å². The molecule has 1 aliphatic heterocycles. The maximum Gasteiger partial charge on any atom is 0.136 e. The summed E-state index contributed by atoms with van der Waals surface area (Å²) in [6.07, 6.45) is 9.51. The van der Waals surface area contributed by atoms with Gasteiger partial charge >= 0.3 is 0 Å². The molecule has 2 aromatic rings. The van der Waals surface area contributed by atoms with Crippen molar-refractivity contribution >= 4 is 28.5 Å². The molecule has 0 N–H and O–H groups in total. The van der Waals surface area contributed by atoms with E-state index in [0.717, 1.165) is 17.0 Å². The summed E-state index contributed by atoms with van der Waals surface area (Å²) < 4.78 is 0. The molecule has 24 heavy (non-hydrogen) atoms. The number of rotatable bonds is 4. The van der Waals surface area contributed by atoms with E-state index >= 15 is 0 Å². The van der Waals surface area contributed by atoms with Gasteiger partial charge in [0.1, 0.15) is 16.6 Å². The monoisotopic (exact) mass is 351 g/mol. The zero-order chi connectivity index (χ0) is 16.9. The van der Waals surface area contributed by atoms with E-state index < -0.39 is 0 Å². The number of halogens is 1. The predicted molar refractivity (Wildman–Crippen MR) is 100 cm³/mol. The van der Waals surface area contributed by atoms with Gasteiger partial charge in [-0.2, -0.15) is 5.26 Å². The summed E-state index contributed by atoms with van der Waals surface area (Å²) in [7, 11) is 0. The molecule has 0 saturated carbocycles. The highest BCUT2D eigenvalue weighted by molar-refractivity contribution is 7.11. The molecule has 0 bridgehead atoms. The minimum Gasteiger partial charge on any atom is -0.343 e. The van der Waals surface area contributed by atoms with E-state index in [4.69, 9.17) is 11.6 Å². The third-order valence-corrected chi connectivity index (χ3v) is 4.60. The van der Waals surface area contributed by atoms with Crippen LogP contribution < -0.4 is 0 Å². The maximum atomic E-state index is 9.66. The molecule has 0 aliphatic carbocycles. The number of thiazole rings is 1. The summed E-state index contributed by atoms with van der Waals surface area (Å²) in [5.41, 5.74) is 3.21. The van der Waals surface area contributed by atoms with Gasteiger partial charge in [0.15, 0.2) is 0 Å². The number of aromatic nitrogens is 1. The topological polar surface area (TPSA) is 39.9 Å². The quantitative estimate of drug-likeness (QED) is 0.556. The van der Waals surface area contributed by atoms with Crippen LogP contribution in [0, 0.1) is 11.3 Å². The van der Waals surface area contributed by atoms with Crippen molar-refractivity contribution in [3.8, 4) is 17.3 Å². The number of allylic oxidation sites excluding steroid dienone is 4. The SMILES string of the molecule is C=CCN1C=CC=C/C1=C(/C#N)c1nc(-c2ccc(Cl)cc2)cs1. The molecule has 0 unspecified atom stereocenters. The fraction of sp³-hybridized carbons (Fsp3) is 0.0526. The van der Waals surface area contributed by atoms with Crippen LogP contribution in [0.4, 0.5) is 0 Å². The van der Waals surface area contributed by atoms with Crippen LogP contribution in [0.2, 0.25) is 5.02 Å². The van der Waals surface area contributed by atoms with Crippen molar-refractivity contribution in [2.75, 3.05) is 6.54 Å². The van der Waals surface area contributed by atoms with Crippen LogP contribution >= 0.6 is 22.9 Å². The molecule has 0 spiro atoms. The molecule has 0 radical (unpaired) electrons. The second kappa shape index (κ2) is 7.31. The van der Waals surface area contributed by atoms with Gasteiger partial charge in [-0.3, -0.25) is 0 Å². The Kier molecular flexibility index (Phi) is 4.95. The van der Waals surface area contributed by atoms with Gasteiger partial charge in [-0.1, -0.05) is 35.9 Å².